The Morgan fingerprint density at radius 3 is 2.90 bits per heavy atom. The molecule has 2 atom stereocenters. The summed E-state index contributed by atoms with van der Waals surface area (Å²) in [4.78, 5) is 14.1. The first-order valence-electron chi connectivity index (χ1n) is 8.15. The van der Waals surface area contributed by atoms with E-state index in [1.807, 2.05) is 0 Å². The highest BCUT2D eigenvalue weighted by Gasteiger charge is 2.42. The van der Waals surface area contributed by atoms with Gasteiger partial charge in [-0.3, -0.25) is 9.69 Å². The molecule has 0 saturated carbocycles. The van der Waals surface area contributed by atoms with Gasteiger partial charge in [0.25, 0.3) is 0 Å². The van der Waals surface area contributed by atoms with E-state index in [0.29, 0.717) is 17.9 Å². The van der Waals surface area contributed by atoms with Crippen molar-refractivity contribution < 1.29 is 9.53 Å². The van der Waals surface area contributed by atoms with Gasteiger partial charge in [-0.25, -0.2) is 0 Å². The van der Waals surface area contributed by atoms with E-state index < -0.39 is 0 Å². The van der Waals surface area contributed by atoms with Crippen molar-refractivity contribution in [2.24, 2.45) is 0 Å². The minimum Gasteiger partial charge on any atom is -0.375 e. The number of ether oxygens (including phenoxy) is 1. The smallest absolute Gasteiger partial charge is 0.131 e. The molecule has 4 heteroatoms. The van der Waals surface area contributed by atoms with E-state index in [9.17, 15) is 4.79 Å². The van der Waals surface area contributed by atoms with Crippen molar-refractivity contribution in [1.29, 1.82) is 0 Å². The van der Waals surface area contributed by atoms with E-state index in [4.69, 9.17) is 4.74 Å². The van der Waals surface area contributed by atoms with Crippen LogP contribution in [-0.4, -0.2) is 53.0 Å². The Kier molecular flexibility index (Phi) is 4.73. The van der Waals surface area contributed by atoms with Crippen molar-refractivity contribution in [3.63, 3.8) is 0 Å². The first-order valence-corrected chi connectivity index (χ1v) is 9.31. The lowest BCUT2D eigenvalue weighted by Gasteiger charge is -2.46. The fraction of sp³-hybridized carbons (Fsp3) is 0.938. The fourth-order valence-electron chi connectivity index (χ4n) is 4.27. The zero-order valence-electron chi connectivity index (χ0n) is 12.6. The predicted molar refractivity (Wildman–Crippen MR) is 83.3 cm³/mol. The number of thioether (sulfide) groups is 1. The van der Waals surface area contributed by atoms with Crippen LogP contribution in [0.4, 0.5) is 0 Å². The minimum atomic E-state index is 0.164. The highest BCUT2D eigenvalue weighted by atomic mass is 32.2. The molecule has 3 fully saturated rings. The molecule has 3 aliphatic heterocycles. The number of hydrogen-bond donors (Lipinski definition) is 0. The molecular formula is C16H27NO2S. The third kappa shape index (κ3) is 3.23. The van der Waals surface area contributed by atoms with E-state index in [1.165, 1.54) is 50.2 Å². The van der Waals surface area contributed by atoms with Gasteiger partial charge in [0.05, 0.1) is 5.60 Å². The number of carbonyl (C=O) groups is 1. The van der Waals surface area contributed by atoms with Gasteiger partial charge >= 0.3 is 0 Å². The second kappa shape index (κ2) is 6.37. The van der Waals surface area contributed by atoms with Gasteiger partial charge in [-0.05, 0) is 63.5 Å². The molecule has 0 aromatic carbocycles. The maximum Gasteiger partial charge on any atom is 0.131 e. The standard InChI is InChI=1S/C16H27NO2S/c1-13(18)11-14-3-2-7-17(14)15-4-8-19-16(12-15)5-9-20-10-6-16/h14-15H,2-12H2,1H3. The molecule has 1 spiro atoms. The van der Waals surface area contributed by atoms with Gasteiger partial charge in [0, 0.05) is 25.1 Å². The summed E-state index contributed by atoms with van der Waals surface area (Å²) >= 11 is 2.07. The molecule has 2 unspecified atom stereocenters. The van der Waals surface area contributed by atoms with Crippen LogP contribution >= 0.6 is 11.8 Å². The highest BCUT2D eigenvalue weighted by Crippen LogP contribution is 2.40. The zero-order chi connectivity index (χ0) is 14.0. The zero-order valence-corrected chi connectivity index (χ0v) is 13.4. The fourth-order valence-corrected chi connectivity index (χ4v) is 5.50. The summed E-state index contributed by atoms with van der Waals surface area (Å²) in [7, 11) is 0. The monoisotopic (exact) mass is 297 g/mol. The van der Waals surface area contributed by atoms with Gasteiger partial charge in [-0.2, -0.15) is 11.8 Å². The Bertz CT molecular complexity index is 349. The first-order chi connectivity index (χ1) is 9.69. The van der Waals surface area contributed by atoms with E-state index in [1.54, 1.807) is 6.92 Å². The second-order valence-electron chi connectivity index (χ2n) is 6.73. The van der Waals surface area contributed by atoms with Crippen molar-refractivity contribution in [1.82, 2.24) is 4.90 Å². The molecular weight excluding hydrogens is 270 g/mol. The quantitative estimate of drug-likeness (QED) is 0.801. The summed E-state index contributed by atoms with van der Waals surface area (Å²) < 4.78 is 6.21. The Morgan fingerprint density at radius 2 is 2.15 bits per heavy atom. The molecule has 3 nitrogen and oxygen atoms in total. The number of carbonyl (C=O) groups excluding carboxylic acids is 1. The second-order valence-corrected chi connectivity index (χ2v) is 7.96. The van der Waals surface area contributed by atoms with Crippen molar-refractivity contribution >= 4 is 17.5 Å². The van der Waals surface area contributed by atoms with Crippen LogP contribution in [0.3, 0.4) is 0 Å². The van der Waals surface area contributed by atoms with Crippen LogP contribution < -0.4 is 0 Å². The van der Waals surface area contributed by atoms with E-state index in [0.717, 1.165) is 19.4 Å². The van der Waals surface area contributed by atoms with Crippen LogP contribution in [0.2, 0.25) is 0 Å². The van der Waals surface area contributed by atoms with Crippen LogP contribution in [0.1, 0.15) is 51.9 Å². The molecule has 0 radical (unpaired) electrons. The predicted octanol–water partition coefficient (Wildman–Crippen LogP) is 2.87. The lowest BCUT2D eigenvalue weighted by molar-refractivity contribution is -0.121. The van der Waals surface area contributed by atoms with Crippen LogP contribution in [0, 0.1) is 0 Å². The molecule has 0 aliphatic carbocycles. The Morgan fingerprint density at radius 1 is 1.35 bits per heavy atom. The van der Waals surface area contributed by atoms with Gasteiger partial charge < -0.3 is 4.74 Å². The normalized spacial score (nSPS) is 34.5. The van der Waals surface area contributed by atoms with Crippen LogP contribution in [-0.2, 0) is 9.53 Å². The molecule has 0 N–H and O–H groups in total. The Labute approximate surface area is 126 Å². The SMILES string of the molecule is CC(=O)CC1CCCN1C1CCOC2(CCSCC2)C1. The number of Topliss-reactive ketones (excluding diaryl/α,β-unsaturated/α-hetero) is 1. The number of ketones is 1. The maximum atomic E-state index is 11.5. The lowest BCUT2D eigenvalue weighted by atomic mass is 9.84. The van der Waals surface area contributed by atoms with Crippen molar-refractivity contribution in [3.8, 4) is 0 Å². The molecule has 3 aliphatic rings. The minimum absolute atomic E-state index is 0.164. The number of likely N-dealkylation sites (tertiary alicyclic amines) is 1. The lowest BCUT2D eigenvalue weighted by Crippen LogP contribution is -2.51. The van der Waals surface area contributed by atoms with Gasteiger partial charge in [-0.15, -0.1) is 0 Å². The summed E-state index contributed by atoms with van der Waals surface area (Å²) in [5.41, 5.74) is 0.164. The molecule has 3 rings (SSSR count). The number of hydrogen-bond acceptors (Lipinski definition) is 4. The number of nitrogens with zero attached hydrogens (tertiary/aromatic N) is 1. The molecule has 114 valence electrons. The van der Waals surface area contributed by atoms with E-state index in [-0.39, 0.29) is 5.60 Å². The Hall–Kier alpha value is -0.0600. The summed E-state index contributed by atoms with van der Waals surface area (Å²) in [5.74, 6) is 2.85. The molecule has 20 heavy (non-hydrogen) atoms. The molecule has 0 aromatic rings. The van der Waals surface area contributed by atoms with Crippen LogP contribution in [0.15, 0.2) is 0 Å². The van der Waals surface area contributed by atoms with Gasteiger partial charge in [0.1, 0.15) is 5.78 Å². The molecule has 0 aromatic heterocycles. The largest absolute Gasteiger partial charge is 0.375 e. The van der Waals surface area contributed by atoms with Crippen molar-refractivity contribution in [3.05, 3.63) is 0 Å². The van der Waals surface area contributed by atoms with E-state index in [2.05, 4.69) is 16.7 Å². The first kappa shape index (κ1) is 14.9. The molecule has 0 bridgehead atoms. The summed E-state index contributed by atoms with van der Waals surface area (Å²) in [6.45, 7) is 3.84. The number of rotatable bonds is 3. The van der Waals surface area contributed by atoms with Crippen molar-refractivity contribution in [2.75, 3.05) is 24.7 Å². The van der Waals surface area contributed by atoms with Gasteiger partial charge in [-0.1, -0.05) is 0 Å². The molecule has 3 saturated heterocycles. The summed E-state index contributed by atoms with van der Waals surface area (Å²) in [6.07, 6.45) is 8.02. The van der Waals surface area contributed by atoms with Gasteiger partial charge in [0.15, 0.2) is 0 Å². The van der Waals surface area contributed by atoms with Crippen LogP contribution in [0.25, 0.3) is 0 Å². The Balaban J connectivity index is 1.65. The highest BCUT2D eigenvalue weighted by molar-refractivity contribution is 7.99. The van der Waals surface area contributed by atoms with E-state index >= 15 is 0 Å². The summed E-state index contributed by atoms with van der Waals surface area (Å²) in [6, 6.07) is 1.16. The molecule has 0 amide bonds. The maximum absolute atomic E-state index is 11.5. The average Bonchev–Trinajstić information content (AvgIpc) is 2.87. The summed E-state index contributed by atoms with van der Waals surface area (Å²) in [5, 5.41) is 0. The van der Waals surface area contributed by atoms with Crippen LogP contribution in [0.5, 0.6) is 0 Å². The third-order valence-corrected chi connectivity index (χ3v) is 6.27. The average molecular weight is 297 g/mol. The topological polar surface area (TPSA) is 29.5 Å². The molecule has 3 heterocycles. The van der Waals surface area contributed by atoms with Crippen molar-refractivity contribution in [2.45, 2.75) is 69.6 Å². The third-order valence-electron chi connectivity index (χ3n) is 5.29. The van der Waals surface area contributed by atoms with Gasteiger partial charge in [0.2, 0.25) is 0 Å².